The molecule has 0 aliphatic carbocycles. The molecule has 2 atom stereocenters. The van der Waals surface area contributed by atoms with Crippen molar-refractivity contribution in [3.05, 3.63) is 20.8 Å². The first-order chi connectivity index (χ1) is 8.54. The lowest BCUT2D eigenvalue weighted by Crippen LogP contribution is -2.38. The molecule has 104 valence electrons. The van der Waals surface area contributed by atoms with Crippen molar-refractivity contribution < 1.29 is 0 Å². The van der Waals surface area contributed by atoms with E-state index in [0.717, 1.165) is 19.6 Å². The van der Waals surface area contributed by atoms with Gasteiger partial charge in [0.2, 0.25) is 0 Å². The Hall–Kier alpha value is 0.100. The van der Waals surface area contributed by atoms with E-state index >= 15 is 0 Å². The molecule has 1 aromatic heterocycles. The van der Waals surface area contributed by atoms with E-state index in [1.54, 1.807) is 11.3 Å². The van der Waals surface area contributed by atoms with Gasteiger partial charge in [-0.1, -0.05) is 13.8 Å². The largest absolute Gasteiger partial charge is 0.316 e. The number of hydrogen-bond donors (Lipinski definition) is 1. The monoisotopic (exact) mass is 332 g/mol. The van der Waals surface area contributed by atoms with Crippen molar-refractivity contribution in [1.29, 1.82) is 0 Å². The van der Waals surface area contributed by atoms with E-state index in [2.05, 4.69) is 65.4 Å². The molecule has 0 fully saturated rings. The Morgan fingerprint density at radius 3 is 2.72 bits per heavy atom. The van der Waals surface area contributed by atoms with Crippen LogP contribution in [0.5, 0.6) is 0 Å². The first kappa shape index (κ1) is 16.2. The van der Waals surface area contributed by atoms with E-state index in [0.29, 0.717) is 12.0 Å². The summed E-state index contributed by atoms with van der Waals surface area (Å²) >= 11 is 5.28. The first-order valence-corrected chi connectivity index (χ1v) is 8.35. The summed E-state index contributed by atoms with van der Waals surface area (Å²) in [5, 5.41) is 5.74. The second kappa shape index (κ2) is 8.31. The minimum atomic E-state index is 0.591. The molecule has 1 aromatic rings. The van der Waals surface area contributed by atoms with Gasteiger partial charge in [-0.25, -0.2) is 0 Å². The fourth-order valence-electron chi connectivity index (χ4n) is 1.97. The van der Waals surface area contributed by atoms with Crippen molar-refractivity contribution in [3.8, 4) is 0 Å². The summed E-state index contributed by atoms with van der Waals surface area (Å²) in [5.74, 6) is 0.670. The van der Waals surface area contributed by atoms with Crippen LogP contribution in [-0.4, -0.2) is 31.1 Å². The molecule has 2 nitrogen and oxygen atoms in total. The molecule has 0 bridgehead atoms. The van der Waals surface area contributed by atoms with E-state index in [1.165, 1.54) is 15.8 Å². The standard InChI is InChI=1S/C14H25BrN2S/c1-5-6-16-8-11(2)12(3)17(4)9-13-7-14(15)18-10-13/h7,10-12,16H,5-6,8-9H2,1-4H3. The molecule has 0 saturated heterocycles. The fraction of sp³-hybridized carbons (Fsp3) is 0.714. The fourth-order valence-corrected chi connectivity index (χ4v) is 3.17. The number of nitrogens with zero attached hydrogens (tertiary/aromatic N) is 1. The van der Waals surface area contributed by atoms with Crippen molar-refractivity contribution in [2.75, 3.05) is 20.1 Å². The van der Waals surface area contributed by atoms with Gasteiger partial charge in [0.1, 0.15) is 0 Å². The highest BCUT2D eigenvalue weighted by molar-refractivity contribution is 9.11. The van der Waals surface area contributed by atoms with Crippen LogP contribution in [0.1, 0.15) is 32.8 Å². The van der Waals surface area contributed by atoms with Gasteiger partial charge in [-0.2, -0.15) is 0 Å². The summed E-state index contributed by atoms with van der Waals surface area (Å²) in [6.45, 7) is 10.1. The third-order valence-electron chi connectivity index (χ3n) is 3.47. The van der Waals surface area contributed by atoms with Crippen molar-refractivity contribution in [3.63, 3.8) is 0 Å². The van der Waals surface area contributed by atoms with Crippen LogP contribution in [0.15, 0.2) is 15.2 Å². The maximum absolute atomic E-state index is 3.52. The quantitative estimate of drug-likeness (QED) is 0.724. The molecule has 0 saturated carbocycles. The van der Waals surface area contributed by atoms with Gasteiger partial charge in [0, 0.05) is 12.6 Å². The van der Waals surface area contributed by atoms with Crippen molar-refractivity contribution >= 4 is 27.3 Å². The second-order valence-corrected chi connectivity index (χ2v) is 7.39. The average molecular weight is 333 g/mol. The highest BCUT2D eigenvalue weighted by Crippen LogP contribution is 2.22. The Balaban J connectivity index is 2.37. The molecule has 0 aliphatic heterocycles. The molecule has 0 radical (unpaired) electrons. The van der Waals surface area contributed by atoms with E-state index < -0.39 is 0 Å². The molecule has 2 unspecified atom stereocenters. The number of hydrogen-bond acceptors (Lipinski definition) is 3. The van der Waals surface area contributed by atoms with Crippen LogP contribution in [0.25, 0.3) is 0 Å². The molecule has 0 amide bonds. The zero-order chi connectivity index (χ0) is 13.5. The lowest BCUT2D eigenvalue weighted by atomic mass is 10.0. The van der Waals surface area contributed by atoms with Crippen LogP contribution in [0, 0.1) is 5.92 Å². The van der Waals surface area contributed by atoms with Crippen LogP contribution in [0.2, 0.25) is 0 Å². The molecule has 1 N–H and O–H groups in total. The molecule has 0 spiro atoms. The Labute approximate surface area is 124 Å². The van der Waals surface area contributed by atoms with Gasteiger partial charge < -0.3 is 5.32 Å². The smallest absolute Gasteiger partial charge is 0.0701 e. The highest BCUT2D eigenvalue weighted by atomic mass is 79.9. The third kappa shape index (κ3) is 5.39. The molecule has 4 heteroatoms. The van der Waals surface area contributed by atoms with Gasteiger partial charge in [-0.15, -0.1) is 11.3 Å². The molecule has 18 heavy (non-hydrogen) atoms. The van der Waals surface area contributed by atoms with Crippen molar-refractivity contribution in [1.82, 2.24) is 10.2 Å². The summed E-state index contributed by atoms with van der Waals surface area (Å²) in [7, 11) is 2.21. The normalized spacial score (nSPS) is 15.0. The summed E-state index contributed by atoms with van der Waals surface area (Å²) in [5.41, 5.74) is 1.40. The van der Waals surface area contributed by atoms with E-state index in [1.807, 2.05) is 0 Å². The zero-order valence-corrected chi connectivity index (χ0v) is 14.3. The molecule has 0 aliphatic rings. The number of thiophene rings is 1. The number of nitrogens with one attached hydrogen (secondary N) is 1. The van der Waals surface area contributed by atoms with Gasteiger partial charge in [-0.05, 0) is 72.3 Å². The Bertz CT molecular complexity index is 340. The Morgan fingerprint density at radius 2 is 2.17 bits per heavy atom. The van der Waals surface area contributed by atoms with Gasteiger partial charge in [0.05, 0.1) is 3.79 Å². The second-order valence-electron chi connectivity index (χ2n) is 5.10. The van der Waals surface area contributed by atoms with E-state index in [4.69, 9.17) is 0 Å². The third-order valence-corrected chi connectivity index (χ3v) is 5.02. The van der Waals surface area contributed by atoms with Crippen LogP contribution >= 0.6 is 27.3 Å². The SMILES string of the molecule is CCCNCC(C)C(C)N(C)Cc1csc(Br)c1. The summed E-state index contributed by atoms with van der Waals surface area (Å²) in [6.07, 6.45) is 1.21. The Kier molecular flexibility index (Phi) is 7.46. The maximum Gasteiger partial charge on any atom is 0.0701 e. The van der Waals surface area contributed by atoms with E-state index in [-0.39, 0.29) is 0 Å². The van der Waals surface area contributed by atoms with Crippen LogP contribution in [0.4, 0.5) is 0 Å². The Morgan fingerprint density at radius 1 is 1.44 bits per heavy atom. The van der Waals surface area contributed by atoms with Crippen LogP contribution in [0.3, 0.4) is 0 Å². The molecule has 0 aromatic carbocycles. The summed E-state index contributed by atoms with van der Waals surface area (Å²) < 4.78 is 1.22. The van der Waals surface area contributed by atoms with Crippen LogP contribution < -0.4 is 5.32 Å². The zero-order valence-electron chi connectivity index (χ0n) is 11.9. The molecular formula is C14H25BrN2S. The molecule has 1 rings (SSSR count). The molecular weight excluding hydrogens is 308 g/mol. The van der Waals surface area contributed by atoms with Gasteiger partial charge in [0.15, 0.2) is 0 Å². The predicted octanol–water partition coefficient (Wildman–Crippen LogP) is 3.97. The average Bonchev–Trinajstić information content (AvgIpc) is 2.73. The van der Waals surface area contributed by atoms with Gasteiger partial charge >= 0.3 is 0 Å². The maximum atomic E-state index is 3.52. The minimum absolute atomic E-state index is 0.591. The first-order valence-electron chi connectivity index (χ1n) is 6.68. The lowest BCUT2D eigenvalue weighted by Gasteiger charge is -2.29. The minimum Gasteiger partial charge on any atom is -0.316 e. The van der Waals surface area contributed by atoms with Crippen molar-refractivity contribution in [2.45, 2.75) is 39.8 Å². The van der Waals surface area contributed by atoms with Crippen LogP contribution in [-0.2, 0) is 6.54 Å². The molecule has 1 heterocycles. The highest BCUT2D eigenvalue weighted by Gasteiger charge is 2.17. The lowest BCUT2D eigenvalue weighted by molar-refractivity contribution is 0.189. The number of halogens is 1. The van der Waals surface area contributed by atoms with Gasteiger partial charge in [0.25, 0.3) is 0 Å². The number of rotatable bonds is 8. The van der Waals surface area contributed by atoms with Gasteiger partial charge in [-0.3, -0.25) is 4.90 Å². The summed E-state index contributed by atoms with van der Waals surface area (Å²) in [6, 6.07) is 2.81. The van der Waals surface area contributed by atoms with E-state index in [9.17, 15) is 0 Å². The van der Waals surface area contributed by atoms with Crippen molar-refractivity contribution in [2.24, 2.45) is 5.92 Å². The summed E-state index contributed by atoms with van der Waals surface area (Å²) in [4.78, 5) is 2.44. The topological polar surface area (TPSA) is 15.3 Å². The predicted molar refractivity (Wildman–Crippen MR) is 85.3 cm³/mol.